The number of carbonyl (C=O) groups excluding carboxylic acids is 1. The number of nitrogens with zero attached hydrogens (tertiary/aromatic N) is 4. The standard InChI is InChI=1S/C21H24N6O4/c1-11(2)23-18-7-14(6-13(4)24-18)20-26-19(27-31-20)16-5-12(3)17(8-22-16)29-9-15-10-30-21(28)25-15/h5-8,11,15H,9-10H2,1-4H3,(H,23,24)(H,25,28)/t15-/m0/s1. The number of aromatic nitrogens is 4. The molecule has 1 aliphatic rings. The number of aryl methyl sites for hydroxylation is 2. The third kappa shape index (κ3) is 4.90. The van der Waals surface area contributed by atoms with Gasteiger partial charge in [0.05, 0.1) is 6.20 Å². The van der Waals surface area contributed by atoms with Crippen LogP contribution < -0.4 is 15.4 Å². The topological polar surface area (TPSA) is 124 Å². The minimum Gasteiger partial charge on any atom is -0.489 e. The van der Waals surface area contributed by atoms with Crippen LogP contribution in [0.5, 0.6) is 5.75 Å². The van der Waals surface area contributed by atoms with Crippen LogP contribution >= 0.6 is 0 Å². The van der Waals surface area contributed by atoms with E-state index in [1.54, 1.807) is 6.20 Å². The molecule has 1 saturated heterocycles. The molecule has 4 rings (SSSR count). The van der Waals surface area contributed by atoms with Gasteiger partial charge >= 0.3 is 6.09 Å². The van der Waals surface area contributed by atoms with Crippen LogP contribution in [0.3, 0.4) is 0 Å². The molecule has 162 valence electrons. The van der Waals surface area contributed by atoms with Crippen molar-refractivity contribution >= 4 is 11.9 Å². The quantitative estimate of drug-likeness (QED) is 0.588. The molecule has 10 heteroatoms. The number of alkyl carbamates (subject to hydrolysis) is 1. The Bertz CT molecular complexity index is 1100. The number of hydrogen-bond donors (Lipinski definition) is 2. The molecule has 0 aliphatic carbocycles. The normalized spacial score (nSPS) is 15.6. The zero-order valence-electron chi connectivity index (χ0n) is 17.8. The van der Waals surface area contributed by atoms with Gasteiger partial charge in [-0.2, -0.15) is 4.98 Å². The van der Waals surface area contributed by atoms with E-state index in [1.807, 2.05) is 45.9 Å². The number of amides is 1. The van der Waals surface area contributed by atoms with Crippen LogP contribution in [0.15, 0.2) is 28.9 Å². The second-order valence-corrected chi connectivity index (χ2v) is 7.69. The van der Waals surface area contributed by atoms with Crippen molar-refractivity contribution in [3.63, 3.8) is 0 Å². The lowest BCUT2D eigenvalue weighted by Crippen LogP contribution is -2.32. The Hall–Kier alpha value is -3.69. The van der Waals surface area contributed by atoms with Crippen LogP contribution in [0, 0.1) is 13.8 Å². The second-order valence-electron chi connectivity index (χ2n) is 7.69. The molecule has 31 heavy (non-hydrogen) atoms. The average molecular weight is 424 g/mol. The summed E-state index contributed by atoms with van der Waals surface area (Å²) in [6.07, 6.45) is 1.18. The van der Waals surface area contributed by atoms with Crippen molar-refractivity contribution < 1.29 is 18.8 Å². The number of rotatable bonds is 7. The molecule has 1 aliphatic heterocycles. The smallest absolute Gasteiger partial charge is 0.407 e. The van der Waals surface area contributed by atoms with E-state index in [9.17, 15) is 4.79 Å². The third-order valence-electron chi connectivity index (χ3n) is 4.53. The molecule has 2 N–H and O–H groups in total. The van der Waals surface area contributed by atoms with Gasteiger partial charge in [0.2, 0.25) is 5.82 Å². The van der Waals surface area contributed by atoms with Crippen molar-refractivity contribution in [2.75, 3.05) is 18.5 Å². The SMILES string of the molecule is Cc1cc(-c2nc(-c3cc(C)c(OC[C@H]4COC(=O)N4)cn3)no2)cc(NC(C)C)n1. The predicted molar refractivity (Wildman–Crippen MR) is 113 cm³/mol. The van der Waals surface area contributed by atoms with Crippen LogP contribution in [-0.4, -0.2) is 51.5 Å². The van der Waals surface area contributed by atoms with Crippen LogP contribution in [-0.2, 0) is 4.74 Å². The van der Waals surface area contributed by atoms with E-state index in [0.29, 0.717) is 29.8 Å². The number of ether oxygens (including phenoxy) is 2. The summed E-state index contributed by atoms with van der Waals surface area (Å²) in [7, 11) is 0. The van der Waals surface area contributed by atoms with Crippen LogP contribution in [0.1, 0.15) is 25.1 Å². The van der Waals surface area contributed by atoms with E-state index in [-0.39, 0.29) is 18.7 Å². The van der Waals surface area contributed by atoms with E-state index in [4.69, 9.17) is 14.0 Å². The maximum Gasteiger partial charge on any atom is 0.407 e. The van der Waals surface area contributed by atoms with Gasteiger partial charge in [0.1, 0.15) is 36.5 Å². The highest BCUT2D eigenvalue weighted by Crippen LogP contribution is 2.26. The molecule has 0 saturated carbocycles. The minimum absolute atomic E-state index is 0.176. The summed E-state index contributed by atoms with van der Waals surface area (Å²) in [6, 6.07) is 5.68. The first-order valence-electron chi connectivity index (χ1n) is 10.00. The van der Waals surface area contributed by atoms with Crippen molar-refractivity contribution in [3.8, 4) is 28.7 Å². The number of nitrogens with one attached hydrogen (secondary N) is 2. The lowest BCUT2D eigenvalue weighted by molar-refractivity contribution is 0.174. The zero-order valence-corrected chi connectivity index (χ0v) is 17.8. The molecule has 0 unspecified atom stereocenters. The molecule has 1 amide bonds. The van der Waals surface area contributed by atoms with Crippen molar-refractivity contribution in [1.82, 2.24) is 25.4 Å². The molecule has 0 bridgehead atoms. The fraction of sp³-hybridized carbons (Fsp3) is 0.381. The molecule has 1 fully saturated rings. The largest absolute Gasteiger partial charge is 0.489 e. The minimum atomic E-state index is -0.428. The number of cyclic esters (lactones) is 1. The zero-order chi connectivity index (χ0) is 22.0. The first-order valence-corrected chi connectivity index (χ1v) is 10.00. The maximum absolute atomic E-state index is 11.1. The summed E-state index contributed by atoms with van der Waals surface area (Å²) in [6.45, 7) is 8.51. The van der Waals surface area contributed by atoms with E-state index in [1.165, 1.54) is 0 Å². The highest BCUT2D eigenvalue weighted by atomic mass is 16.6. The third-order valence-corrected chi connectivity index (χ3v) is 4.53. The van der Waals surface area contributed by atoms with Crippen molar-refractivity contribution in [2.24, 2.45) is 0 Å². The highest BCUT2D eigenvalue weighted by molar-refractivity contribution is 5.69. The molecular weight excluding hydrogens is 400 g/mol. The summed E-state index contributed by atoms with van der Waals surface area (Å²) < 4.78 is 16.1. The number of hydrogen-bond acceptors (Lipinski definition) is 9. The molecule has 4 heterocycles. The van der Waals surface area contributed by atoms with Gasteiger partial charge in [-0.1, -0.05) is 5.16 Å². The van der Waals surface area contributed by atoms with Crippen molar-refractivity contribution in [2.45, 2.75) is 39.8 Å². The Labute approximate surface area is 179 Å². The predicted octanol–water partition coefficient (Wildman–Crippen LogP) is 3.12. The molecule has 10 nitrogen and oxygen atoms in total. The molecule has 3 aromatic heterocycles. The summed E-state index contributed by atoms with van der Waals surface area (Å²) in [5, 5.41) is 10.0. The van der Waals surface area contributed by atoms with E-state index >= 15 is 0 Å². The summed E-state index contributed by atoms with van der Waals surface area (Å²) in [5.41, 5.74) is 3.07. The Balaban J connectivity index is 1.49. The van der Waals surface area contributed by atoms with Crippen molar-refractivity contribution in [1.29, 1.82) is 0 Å². The van der Waals surface area contributed by atoms with Crippen molar-refractivity contribution in [3.05, 3.63) is 35.7 Å². The Kier molecular flexibility index (Phi) is 5.70. The van der Waals surface area contributed by atoms with Gasteiger partial charge < -0.3 is 24.6 Å². The molecule has 0 aromatic carbocycles. The van der Waals surface area contributed by atoms with Gasteiger partial charge in [0, 0.05) is 17.3 Å². The maximum atomic E-state index is 11.1. The second kappa shape index (κ2) is 8.58. The average Bonchev–Trinajstić information content (AvgIpc) is 3.35. The monoisotopic (exact) mass is 424 g/mol. The number of carbonyl (C=O) groups is 1. The van der Waals surface area contributed by atoms with Gasteiger partial charge in [0.15, 0.2) is 0 Å². The Morgan fingerprint density at radius 2 is 2.10 bits per heavy atom. The molecule has 0 radical (unpaired) electrons. The van der Waals surface area contributed by atoms with E-state index < -0.39 is 6.09 Å². The van der Waals surface area contributed by atoms with Gasteiger partial charge in [-0.3, -0.25) is 0 Å². The molecular formula is C21H24N6O4. The number of anilines is 1. The lowest BCUT2D eigenvalue weighted by atomic mass is 10.2. The summed E-state index contributed by atoms with van der Waals surface area (Å²) in [5.74, 6) is 2.14. The number of pyridine rings is 2. The molecule has 1 atom stereocenters. The van der Waals surface area contributed by atoms with Crippen LogP contribution in [0.4, 0.5) is 10.6 Å². The molecule has 3 aromatic rings. The van der Waals surface area contributed by atoms with Crippen LogP contribution in [0.25, 0.3) is 23.0 Å². The first kappa shape index (κ1) is 20.6. The lowest BCUT2D eigenvalue weighted by Gasteiger charge is -2.12. The van der Waals surface area contributed by atoms with Gasteiger partial charge in [-0.05, 0) is 51.5 Å². The van der Waals surface area contributed by atoms with E-state index in [0.717, 1.165) is 22.6 Å². The van der Waals surface area contributed by atoms with Gasteiger partial charge in [-0.25, -0.2) is 14.8 Å². The first-order chi connectivity index (χ1) is 14.9. The fourth-order valence-electron chi connectivity index (χ4n) is 3.13. The Morgan fingerprint density at radius 3 is 2.81 bits per heavy atom. The summed E-state index contributed by atoms with van der Waals surface area (Å²) >= 11 is 0. The Morgan fingerprint density at radius 1 is 1.26 bits per heavy atom. The van der Waals surface area contributed by atoms with Crippen LogP contribution in [0.2, 0.25) is 0 Å². The fourth-order valence-corrected chi connectivity index (χ4v) is 3.13. The van der Waals surface area contributed by atoms with E-state index in [2.05, 4.69) is 30.7 Å². The van der Waals surface area contributed by atoms with Gasteiger partial charge in [-0.15, -0.1) is 0 Å². The highest BCUT2D eigenvalue weighted by Gasteiger charge is 2.23. The van der Waals surface area contributed by atoms with Gasteiger partial charge in [0.25, 0.3) is 5.89 Å². The molecule has 0 spiro atoms. The summed E-state index contributed by atoms with van der Waals surface area (Å²) in [4.78, 5) is 24.5.